The van der Waals surface area contributed by atoms with Crippen molar-refractivity contribution in [2.45, 2.75) is 369 Å². The number of hydrogen-bond acceptors (Lipinski definition) is 15. The van der Waals surface area contributed by atoms with Crippen molar-refractivity contribution in [2.75, 3.05) is 39.6 Å². The Kier molecular flexibility index (Phi) is 59.6. The third kappa shape index (κ3) is 64.6. The molecule has 0 radical (unpaired) electrons. The fourth-order valence-electron chi connectivity index (χ4n) is 10.5. The third-order valence-corrected chi connectivity index (χ3v) is 18.0. The van der Waals surface area contributed by atoms with Crippen molar-refractivity contribution in [3.8, 4) is 0 Å². The molecule has 5 atom stereocenters. The van der Waals surface area contributed by atoms with Crippen LogP contribution in [-0.2, 0) is 65.4 Å². The Morgan fingerprint density at radius 1 is 0.303 bits per heavy atom. The largest absolute Gasteiger partial charge is 0.472 e. The van der Waals surface area contributed by atoms with E-state index in [0.717, 1.165) is 102 Å². The first-order valence-corrected chi connectivity index (χ1v) is 39.3. The van der Waals surface area contributed by atoms with Gasteiger partial charge >= 0.3 is 39.5 Å². The molecule has 528 valence electrons. The SMILES string of the molecule is CCCCCCCCCCCCCCC(=O)OC[C@H](COP(=O)(O)OC[C@@H](O)COP(=O)(O)OC[C@@H](COC(=O)CCCCCCCCC(C)C)OC(=O)CCCCCCCCCC(C)C)OC(=O)CCCCCCCCCCCCCCCCCC(C)C. The molecule has 19 heteroatoms. The van der Waals surface area contributed by atoms with Crippen LogP contribution in [0.5, 0.6) is 0 Å². The van der Waals surface area contributed by atoms with Crippen molar-refractivity contribution in [3.63, 3.8) is 0 Å². The third-order valence-electron chi connectivity index (χ3n) is 16.1. The van der Waals surface area contributed by atoms with E-state index in [1.165, 1.54) is 154 Å². The summed E-state index contributed by atoms with van der Waals surface area (Å²) in [5.41, 5.74) is 0. The Morgan fingerprint density at radius 3 is 0.764 bits per heavy atom. The van der Waals surface area contributed by atoms with Gasteiger partial charge in [0.1, 0.15) is 19.3 Å². The van der Waals surface area contributed by atoms with Gasteiger partial charge in [-0.2, -0.15) is 0 Å². The molecule has 0 heterocycles. The van der Waals surface area contributed by atoms with E-state index in [-0.39, 0.29) is 25.7 Å². The highest BCUT2D eigenvalue weighted by molar-refractivity contribution is 7.47. The molecule has 0 aromatic carbocycles. The minimum atomic E-state index is -4.95. The van der Waals surface area contributed by atoms with Crippen LogP contribution in [0, 0.1) is 17.8 Å². The minimum Gasteiger partial charge on any atom is -0.462 e. The van der Waals surface area contributed by atoms with E-state index in [9.17, 15) is 43.2 Å². The zero-order valence-corrected chi connectivity index (χ0v) is 59.7. The molecule has 0 aliphatic rings. The fraction of sp³-hybridized carbons (Fsp3) is 0.943. The number of rotatable bonds is 68. The Morgan fingerprint density at radius 2 is 0.517 bits per heavy atom. The predicted octanol–water partition coefficient (Wildman–Crippen LogP) is 19.8. The first-order valence-electron chi connectivity index (χ1n) is 36.3. The molecule has 2 unspecified atom stereocenters. The minimum absolute atomic E-state index is 0.102. The second-order valence-electron chi connectivity index (χ2n) is 26.7. The van der Waals surface area contributed by atoms with Gasteiger partial charge in [0.25, 0.3) is 0 Å². The number of carbonyl (C=O) groups excluding carboxylic acids is 4. The Labute approximate surface area is 543 Å². The van der Waals surface area contributed by atoms with Gasteiger partial charge in [0.2, 0.25) is 0 Å². The molecule has 0 aromatic rings. The van der Waals surface area contributed by atoms with Crippen LogP contribution >= 0.6 is 15.6 Å². The molecule has 0 saturated carbocycles. The number of carbonyl (C=O) groups is 4. The van der Waals surface area contributed by atoms with Crippen molar-refractivity contribution in [2.24, 2.45) is 17.8 Å². The fourth-order valence-corrected chi connectivity index (χ4v) is 12.1. The molecule has 3 N–H and O–H groups in total. The molecule has 0 aromatic heterocycles. The number of aliphatic hydroxyl groups excluding tert-OH is 1. The van der Waals surface area contributed by atoms with Gasteiger partial charge in [-0.15, -0.1) is 0 Å². The number of hydrogen-bond donors (Lipinski definition) is 3. The van der Waals surface area contributed by atoms with Crippen LogP contribution in [0.25, 0.3) is 0 Å². The molecule has 0 rings (SSSR count). The quantitative estimate of drug-likeness (QED) is 0.0222. The maximum atomic E-state index is 13.0. The van der Waals surface area contributed by atoms with E-state index < -0.39 is 97.5 Å². The summed E-state index contributed by atoms with van der Waals surface area (Å²) in [6.07, 6.45) is 44.7. The maximum absolute atomic E-state index is 13.0. The van der Waals surface area contributed by atoms with E-state index in [1.807, 2.05) is 0 Å². The molecule has 0 amide bonds. The number of ether oxygens (including phenoxy) is 4. The van der Waals surface area contributed by atoms with Crippen LogP contribution in [0.2, 0.25) is 0 Å². The highest BCUT2D eigenvalue weighted by Crippen LogP contribution is 2.45. The molecule has 0 bridgehead atoms. The second-order valence-corrected chi connectivity index (χ2v) is 29.6. The van der Waals surface area contributed by atoms with Crippen LogP contribution in [-0.4, -0.2) is 96.7 Å². The lowest BCUT2D eigenvalue weighted by molar-refractivity contribution is -0.161. The second kappa shape index (κ2) is 61.0. The predicted molar refractivity (Wildman–Crippen MR) is 358 cm³/mol. The van der Waals surface area contributed by atoms with Gasteiger partial charge in [-0.25, -0.2) is 9.13 Å². The monoisotopic (exact) mass is 1310 g/mol. The molecule has 0 aliphatic heterocycles. The van der Waals surface area contributed by atoms with Crippen molar-refractivity contribution >= 4 is 39.5 Å². The number of unbranched alkanes of at least 4 members (excludes halogenated alkanes) is 36. The van der Waals surface area contributed by atoms with Gasteiger partial charge in [-0.1, -0.05) is 299 Å². The highest BCUT2D eigenvalue weighted by Gasteiger charge is 2.30. The van der Waals surface area contributed by atoms with Crippen LogP contribution < -0.4 is 0 Å². The molecular weight excluding hydrogens is 1170 g/mol. The van der Waals surface area contributed by atoms with Crippen molar-refractivity contribution in [3.05, 3.63) is 0 Å². The zero-order valence-electron chi connectivity index (χ0n) is 57.9. The van der Waals surface area contributed by atoms with E-state index in [1.54, 1.807) is 0 Å². The Bertz CT molecular complexity index is 1750. The first-order chi connectivity index (χ1) is 42.7. The number of phosphoric ester groups is 2. The van der Waals surface area contributed by atoms with E-state index in [4.69, 9.17) is 37.0 Å². The Hall–Kier alpha value is -1.94. The van der Waals surface area contributed by atoms with Gasteiger partial charge in [0.15, 0.2) is 12.2 Å². The van der Waals surface area contributed by atoms with Crippen LogP contribution in [0.15, 0.2) is 0 Å². The number of aliphatic hydroxyl groups is 1. The molecule has 0 spiro atoms. The summed E-state index contributed by atoms with van der Waals surface area (Å²) in [4.78, 5) is 72.4. The molecule has 0 fully saturated rings. The van der Waals surface area contributed by atoms with Gasteiger partial charge in [-0.3, -0.25) is 37.3 Å². The molecular formula is C70H136O17P2. The molecule has 17 nitrogen and oxygen atoms in total. The smallest absolute Gasteiger partial charge is 0.462 e. The van der Waals surface area contributed by atoms with Gasteiger partial charge in [-0.05, 0) is 43.4 Å². The summed E-state index contributed by atoms with van der Waals surface area (Å²) in [6, 6.07) is 0. The topological polar surface area (TPSA) is 237 Å². The highest BCUT2D eigenvalue weighted by atomic mass is 31.2. The first kappa shape index (κ1) is 87.1. The van der Waals surface area contributed by atoms with Gasteiger partial charge in [0, 0.05) is 25.7 Å². The van der Waals surface area contributed by atoms with Gasteiger partial charge in [0.05, 0.1) is 26.4 Å². The lowest BCUT2D eigenvalue weighted by Gasteiger charge is -2.21. The van der Waals surface area contributed by atoms with E-state index in [2.05, 4.69) is 48.5 Å². The lowest BCUT2D eigenvalue weighted by Crippen LogP contribution is -2.30. The van der Waals surface area contributed by atoms with Crippen LogP contribution in [0.1, 0.15) is 350 Å². The average molecular weight is 1310 g/mol. The van der Waals surface area contributed by atoms with Crippen molar-refractivity contribution < 1.29 is 80.2 Å². The van der Waals surface area contributed by atoms with Crippen LogP contribution in [0.4, 0.5) is 0 Å². The lowest BCUT2D eigenvalue weighted by atomic mass is 10.0. The van der Waals surface area contributed by atoms with Crippen molar-refractivity contribution in [1.82, 2.24) is 0 Å². The summed E-state index contributed by atoms with van der Waals surface area (Å²) in [5.74, 6) is 0.0480. The van der Waals surface area contributed by atoms with Crippen molar-refractivity contribution in [1.29, 1.82) is 0 Å². The maximum Gasteiger partial charge on any atom is 0.472 e. The normalized spacial score (nSPS) is 14.2. The summed E-state index contributed by atoms with van der Waals surface area (Å²) in [7, 11) is -9.90. The zero-order chi connectivity index (χ0) is 65.9. The standard InChI is InChI=1S/C70H136O17P2/c1-8-9-10-11-12-13-14-21-24-29-37-44-51-67(72)80-57-65(86-69(74)53-46-39-30-25-22-19-17-15-16-18-20-23-27-34-41-48-61(2)3)59-84-88(76,77)82-55-64(71)56-83-89(78,79)85-60-66(58-81-68(73)52-45-38-33-32-36-43-50-63(6)7)87-70(75)54-47-40-31-26-28-35-42-49-62(4)5/h61-66,71H,8-60H2,1-7H3,(H,76,77)(H,78,79)/t64-,65-,66-/m1/s1. The summed E-state index contributed by atoms with van der Waals surface area (Å²) in [6.45, 7) is 11.7. The summed E-state index contributed by atoms with van der Waals surface area (Å²) >= 11 is 0. The molecule has 0 aliphatic carbocycles. The van der Waals surface area contributed by atoms with E-state index in [0.29, 0.717) is 37.5 Å². The number of phosphoric acid groups is 2. The molecule has 89 heavy (non-hydrogen) atoms. The molecule has 0 saturated heterocycles. The summed E-state index contributed by atoms with van der Waals surface area (Å²) < 4.78 is 68.2. The van der Waals surface area contributed by atoms with Gasteiger partial charge < -0.3 is 33.8 Å². The van der Waals surface area contributed by atoms with Crippen LogP contribution in [0.3, 0.4) is 0 Å². The number of esters is 4. The average Bonchev–Trinajstić information content (AvgIpc) is 3.62. The summed E-state index contributed by atoms with van der Waals surface area (Å²) in [5, 5.41) is 10.6. The Balaban J connectivity index is 5.21. The van der Waals surface area contributed by atoms with E-state index >= 15 is 0 Å².